The maximum atomic E-state index is 12.2. The van der Waals surface area contributed by atoms with Crippen molar-refractivity contribution in [3.8, 4) is 0 Å². The molecule has 8 heteroatoms. The first-order valence-electron chi connectivity index (χ1n) is 7.46. The topological polar surface area (TPSA) is 100 Å². The number of aliphatic hydroxyl groups is 1. The number of hydrogen-bond acceptors (Lipinski definition) is 4. The van der Waals surface area contributed by atoms with Gasteiger partial charge in [0.2, 0.25) is 15.9 Å². The Hall–Kier alpha value is -2.16. The molecule has 1 amide bonds. The van der Waals surface area contributed by atoms with Gasteiger partial charge in [-0.1, -0.05) is 0 Å². The SMILES string of the molecule is CC(=O)Nc1ccc(S(=O)(=O)NCCC(O)c2cccn2C)cc1. The maximum Gasteiger partial charge on any atom is 0.240 e. The number of aryl methyl sites for hydroxylation is 1. The second-order valence-electron chi connectivity index (χ2n) is 5.45. The molecule has 3 N–H and O–H groups in total. The summed E-state index contributed by atoms with van der Waals surface area (Å²) < 4.78 is 28.7. The molecule has 0 aliphatic carbocycles. The molecule has 0 bridgehead atoms. The van der Waals surface area contributed by atoms with E-state index in [4.69, 9.17) is 0 Å². The normalized spacial score (nSPS) is 12.8. The van der Waals surface area contributed by atoms with Gasteiger partial charge in [0.25, 0.3) is 0 Å². The van der Waals surface area contributed by atoms with Crippen molar-refractivity contribution in [2.45, 2.75) is 24.3 Å². The van der Waals surface area contributed by atoms with Gasteiger partial charge in [0.1, 0.15) is 0 Å². The average molecular weight is 351 g/mol. The van der Waals surface area contributed by atoms with Crippen molar-refractivity contribution in [1.82, 2.24) is 9.29 Å². The highest BCUT2D eigenvalue weighted by molar-refractivity contribution is 7.89. The highest BCUT2D eigenvalue weighted by Crippen LogP contribution is 2.17. The Morgan fingerprint density at radius 1 is 1.25 bits per heavy atom. The van der Waals surface area contributed by atoms with Gasteiger partial charge in [0, 0.05) is 38.1 Å². The van der Waals surface area contributed by atoms with Crippen LogP contribution in [0.15, 0.2) is 47.5 Å². The molecule has 7 nitrogen and oxygen atoms in total. The Bertz CT molecular complexity index is 797. The van der Waals surface area contributed by atoms with Crippen molar-refractivity contribution in [3.63, 3.8) is 0 Å². The molecule has 1 unspecified atom stereocenters. The Kier molecular flexibility index (Phi) is 5.76. The molecule has 2 rings (SSSR count). The fourth-order valence-electron chi connectivity index (χ4n) is 2.30. The summed E-state index contributed by atoms with van der Waals surface area (Å²) in [4.78, 5) is 11.1. The minimum Gasteiger partial charge on any atom is -0.387 e. The molecule has 1 atom stereocenters. The molecule has 0 fully saturated rings. The van der Waals surface area contributed by atoms with Gasteiger partial charge in [0.05, 0.1) is 11.0 Å². The van der Waals surface area contributed by atoms with E-state index in [9.17, 15) is 18.3 Å². The number of nitrogens with one attached hydrogen (secondary N) is 2. The van der Waals surface area contributed by atoms with E-state index in [0.29, 0.717) is 5.69 Å². The number of aromatic nitrogens is 1. The van der Waals surface area contributed by atoms with E-state index < -0.39 is 16.1 Å². The van der Waals surface area contributed by atoms with Crippen LogP contribution in [0.5, 0.6) is 0 Å². The molecule has 0 radical (unpaired) electrons. The van der Waals surface area contributed by atoms with E-state index in [1.165, 1.54) is 31.2 Å². The number of rotatable bonds is 7. The molecular weight excluding hydrogens is 330 g/mol. The summed E-state index contributed by atoms with van der Waals surface area (Å²) in [5.41, 5.74) is 1.26. The predicted molar refractivity (Wildman–Crippen MR) is 90.9 cm³/mol. The lowest BCUT2D eigenvalue weighted by Gasteiger charge is -2.13. The quantitative estimate of drug-likeness (QED) is 0.702. The number of benzene rings is 1. The Morgan fingerprint density at radius 3 is 2.46 bits per heavy atom. The monoisotopic (exact) mass is 351 g/mol. The number of hydrogen-bond donors (Lipinski definition) is 3. The number of aliphatic hydroxyl groups excluding tert-OH is 1. The summed E-state index contributed by atoms with van der Waals surface area (Å²) >= 11 is 0. The maximum absolute atomic E-state index is 12.2. The van der Waals surface area contributed by atoms with Crippen LogP contribution in [0, 0.1) is 0 Å². The smallest absolute Gasteiger partial charge is 0.240 e. The molecule has 0 aliphatic heterocycles. The molecule has 1 heterocycles. The van der Waals surface area contributed by atoms with Crippen LogP contribution in [0.3, 0.4) is 0 Å². The number of carbonyl (C=O) groups excluding carboxylic acids is 1. The molecular formula is C16H21N3O4S. The van der Waals surface area contributed by atoms with E-state index in [-0.39, 0.29) is 23.8 Å². The molecule has 1 aromatic carbocycles. The zero-order chi connectivity index (χ0) is 17.7. The number of sulfonamides is 1. The number of carbonyl (C=O) groups is 1. The molecule has 0 spiro atoms. The Morgan fingerprint density at radius 2 is 1.92 bits per heavy atom. The lowest BCUT2D eigenvalue weighted by molar-refractivity contribution is -0.114. The van der Waals surface area contributed by atoms with Crippen molar-refractivity contribution in [2.24, 2.45) is 7.05 Å². The second-order valence-corrected chi connectivity index (χ2v) is 7.22. The first-order valence-corrected chi connectivity index (χ1v) is 8.94. The summed E-state index contributed by atoms with van der Waals surface area (Å²) in [5.74, 6) is -0.224. The highest BCUT2D eigenvalue weighted by Gasteiger charge is 2.16. The summed E-state index contributed by atoms with van der Waals surface area (Å²) in [6, 6.07) is 9.49. The summed E-state index contributed by atoms with van der Waals surface area (Å²) in [5, 5.41) is 12.7. The first-order chi connectivity index (χ1) is 11.3. The lowest BCUT2D eigenvalue weighted by Crippen LogP contribution is -2.26. The zero-order valence-electron chi connectivity index (χ0n) is 13.6. The van der Waals surface area contributed by atoms with E-state index in [1.807, 2.05) is 19.3 Å². The van der Waals surface area contributed by atoms with Crippen LogP contribution in [0.25, 0.3) is 0 Å². The fraction of sp³-hybridized carbons (Fsp3) is 0.312. The zero-order valence-corrected chi connectivity index (χ0v) is 14.4. The van der Waals surface area contributed by atoms with Crippen molar-refractivity contribution in [2.75, 3.05) is 11.9 Å². The molecule has 2 aromatic rings. The molecule has 0 saturated carbocycles. The van der Waals surface area contributed by atoms with Gasteiger partial charge in [-0.2, -0.15) is 0 Å². The molecule has 130 valence electrons. The summed E-state index contributed by atoms with van der Waals surface area (Å²) in [6.45, 7) is 1.49. The van der Waals surface area contributed by atoms with E-state index in [1.54, 1.807) is 10.6 Å². The Balaban J connectivity index is 1.93. The van der Waals surface area contributed by atoms with Crippen LogP contribution in [0.4, 0.5) is 5.69 Å². The van der Waals surface area contributed by atoms with Gasteiger partial charge in [-0.3, -0.25) is 4.79 Å². The van der Waals surface area contributed by atoms with Gasteiger partial charge >= 0.3 is 0 Å². The van der Waals surface area contributed by atoms with Crippen LogP contribution in [0.2, 0.25) is 0 Å². The van der Waals surface area contributed by atoms with Gasteiger partial charge in [-0.15, -0.1) is 0 Å². The van der Waals surface area contributed by atoms with Crippen molar-refractivity contribution in [1.29, 1.82) is 0 Å². The van der Waals surface area contributed by atoms with Gasteiger partial charge < -0.3 is 15.0 Å². The number of amides is 1. The third-order valence-electron chi connectivity index (χ3n) is 3.52. The largest absolute Gasteiger partial charge is 0.387 e. The first kappa shape index (κ1) is 18.2. The van der Waals surface area contributed by atoms with Crippen molar-refractivity contribution < 1.29 is 18.3 Å². The van der Waals surface area contributed by atoms with Crippen molar-refractivity contribution in [3.05, 3.63) is 48.3 Å². The van der Waals surface area contributed by atoms with Gasteiger partial charge in [-0.05, 0) is 42.8 Å². The molecule has 0 aliphatic rings. The third-order valence-corrected chi connectivity index (χ3v) is 5.00. The second kappa shape index (κ2) is 7.61. The molecule has 0 saturated heterocycles. The third kappa shape index (κ3) is 4.67. The standard InChI is InChI=1S/C16H21N3O4S/c1-12(20)18-13-5-7-14(8-6-13)24(22,23)17-10-9-16(21)15-4-3-11-19(15)2/h3-8,11,16-17,21H,9-10H2,1-2H3,(H,18,20). The van der Waals surface area contributed by atoms with Crippen LogP contribution in [0.1, 0.15) is 25.1 Å². The molecule has 1 aromatic heterocycles. The lowest BCUT2D eigenvalue weighted by atomic mass is 10.2. The van der Waals surface area contributed by atoms with Gasteiger partial charge in [0.15, 0.2) is 0 Å². The van der Waals surface area contributed by atoms with Crippen molar-refractivity contribution >= 4 is 21.6 Å². The molecule has 24 heavy (non-hydrogen) atoms. The van der Waals surface area contributed by atoms with E-state index in [0.717, 1.165) is 5.69 Å². The van der Waals surface area contributed by atoms with E-state index in [2.05, 4.69) is 10.0 Å². The fourth-order valence-corrected chi connectivity index (χ4v) is 3.35. The van der Waals surface area contributed by atoms with E-state index >= 15 is 0 Å². The highest BCUT2D eigenvalue weighted by atomic mass is 32.2. The van der Waals surface area contributed by atoms with Crippen LogP contribution in [-0.4, -0.2) is 30.5 Å². The van der Waals surface area contributed by atoms with Crippen LogP contribution >= 0.6 is 0 Å². The minimum absolute atomic E-state index is 0.102. The number of nitrogens with zero attached hydrogens (tertiary/aromatic N) is 1. The Labute approximate surface area is 141 Å². The van der Waals surface area contributed by atoms with Crippen LogP contribution in [-0.2, 0) is 21.9 Å². The summed E-state index contributed by atoms with van der Waals surface area (Å²) in [6.07, 6.45) is 1.34. The van der Waals surface area contributed by atoms with Gasteiger partial charge in [-0.25, -0.2) is 13.1 Å². The number of anilines is 1. The minimum atomic E-state index is -3.66. The average Bonchev–Trinajstić information content (AvgIpc) is 2.93. The summed E-state index contributed by atoms with van der Waals surface area (Å²) in [7, 11) is -1.84. The van der Waals surface area contributed by atoms with Crippen LogP contribution < -0.4 is 10.0 Å². The predicted octanol–water partition coefficient (Wildman–Crippen LogP) is 1.39.